The summed E-state index contributed by atoms with van der Waals surface area (Å²) in [5.41, 5.74) is 7.78. The van der Waals surface area contributed by atoms with Gasteiger partial charge in [-0.3, -0.25) is 9.78 Å². The number of anilines is 1. The van der Waals surface area contributed by atoms with Gasteiger partial charge < -0.3 is 15.6 Å². The topological polar surface area (TPSA) is 72.9 Å². The molecule has 0 radical (unpaired) electrons. The molecule has 5 heteroatoms. The molecule has 0 spiro atoms. The van der Waals surface area contributed by atoms with Crippen LogP contribution in [0.5, 0.6) is 0 Å². The van der Waals surface area contributed by atoms with E-state index >= 15 is 0 Å². The fourth-order valence-corrected chi connectivity index (χ4v) is 2.09. The molecule has 0 saturated carbocycles. The van der Waals surface area contributed by atoms with Crippen LogP contribution in [0.15, 0.2) is 36.7 Å². The van der Waals surface area contributed by atoms with E-state index < -0.39 is 0 Å². The Morgan fingerprint density at radius 3 is 2.70 bits per heavy atom. The van der Waals surface area contributed by atoms with Crippen LogP contribution >= 0.6 is 0 Å². The van der Waals surface area contributed by atoms with Gasteiger partial charge in [-0.1, -0.05) is 6.07 Å². The predicted octanol–water partition coefficient (Wildman–Crippen LogP) is 2.54. The zero-order valence-corrected chi connectivity index (χ0v) is 12.0. The van der Waals surface area contributed by atoms with Crippen LogP contribution in [0.25, 0.3) is 0 Å². The lowest BCUT2D eigenvalue weighted by molar-refractivity contribution is 0.0928. The Hall–Kier alpha value is -2.30. The maximum absolute atomic E-state index is 12.4. The summed E-state index contributed by atoms with van der Waals surface area (Å²) in [6, 6.07) is 7.36. The number of nitrogens with two attached hydrogens (primary N) is 1. The van der Waals surface area contributed by atoms with Crippen LogP contribution in [0.1, 0.15) is 49.0 Å². The highest BCUT2D eigenvalue weighted by molar-refractivity contribution is 5.94. The Balaban J connectivity index is 2.16. The van der Waals surface area contributed by atoms with Crippen LogP contribution in [0.3, 0.4) is 0 Å². The number of nitrogens with zero attached hydrogens (tertiary/aromatic N) is 2. The van der Waals surface area contributed by atoms with Crippen molar-refractivity contribution in [3.63, 3.8) is 0 Å². The lowest BCUT2D eigenvalue weighted by Crippen LogP contribution is -2.29. The maximum Gasteiger partial charge on any atom is 0.268 e. The van der Waals surface area contributed by atoms with E-state index in [9.17, 15) is 4.79 Å². The van der Waals surface area contributed by atoms with E-state index in [1.807, 2.05) is 43.5 Å². The van der Waals surface area contributed by atoms with Crippen molar-refractivity contribution >= 4 is 11.6 Å². The van der Waals surface area contributed by atoms with E-state index in [1.54, 1.807) is 18.5 Å². The molecule has 0 aromatic carbocycles. The number of carbonyl (C=O) groups is 1. The van der Waals surface area contributed by atoms with Gasteiger partial charge in [0.2, 0.25) is 0 Å². The third-order valence-corrected chi connectivity index (χ3v) is 3.14. The van der Waals surface area contributed by atoms with Crippen molar-refractivity contribution in [1.82, 2.24) is 14.9 Å². The quantitative estimate of drug-likeness (QED) is 0.898. The first-order chi connectivity index (χ1) is 9.49. The van der Waals surface area contributed by atoms with Crippen molar-refractivity contribution in [1.29, 1.82) is 0 Å². The molecule has 0 aliphatic heterocycles. The third kappa shape index (κ3) is 2.99. The molecule has 0 aliphatic rings. The molecule has 2 heterocycles. The molecule has 0 saturated heterocycles. The summed E-state index contributed by atoms with van der Waals surface area (Å²) in [4.78, 5) is 16.6. The normalized spacial score (nSPS) is 12.4. The number of aromatic nitrogens is 2. The van der Waals surface area contributed by atoms with Crippen molar-refractivity contribution in [2.24, 2.45) is 0 Å². The molecule has 5 nitrogen and oxygen atoms in total. The summed E-state index contributed by atoms with van der Waals surface area (Å²) in [7, 11) is 0. The Morgan fingerprint density at radius 1 is 1.35 bits per heavy atom. The molecule has 1 unspecified atom stereocenters. The summed E-state index contributed by atoms with van der Waals surface area (Å²) >= 11 is 0. The molecule has 3 N–H and O–H groups in total. The van der Waals surface area contributed by atoms with E-state index in [4.69, 9.17) is 5.73 Å². The van der Waals surface area contributed by atoms with Crippen molar-refractivity contribution in [3.05, 3.63) is 48.0 Å². The third-order valence-electron chi connectivity index (χ3n) is 3.14. The van der Waals surface area contributed by atoms with E-state index in [0.29, 0.717) is 11.4 Å². The predicted molar refractivity (Wildman–Crippen MR) is 79.3 cm³/mol. The Morgan fingerprint density at radius 2 is 2.10 bits per heavy atom. The number of pyridine rings is 1. The number of carbonyl (C=O) groups excluding carboxylic acids is 1. The Bertz CT molecular complexity index is 589. The van der Waals surface area contributed by atoms with Crippen molar-refractivity contribution in [3.8, 4) is 0 Å². The summed E-state index contributed by atoms with van der Waals surface area (Å²) < 4.78 is 1.87. The SMILES string of the molecule is CC(NC(=O)c1cc(N)cn1C(C)C)c1ccccn1. The van der Waals surface area contributed by atoms with Crippen LogP contribution in [0, 0.1) is 0 Å². The Labute approximate surface area is 118 Å². The molecule has 1 atom stereocenters. The van der Waals surface area contributed by atoms with Gasteiger partial charge in [-0.2, -0.15) is 0 Å². The standard InChI is InChI=1S/C15H20N4O/c1-10(2)19-9-12(16)8-14(19)15(20)18-11(3)13-6-4-5-7-17-13/h4-11H,16H2,1-3H3,(H,18,20). The number of nitrogen functional groups attached to an aromatic ring is 1. The second-order valence-corrected chi connectivity index (χ2v) is 5.11. The number of hydrogen-bond donors (Lipinski definition) is 2. The highest BCUT2D eigenvalue weighted by atomic mass is 16.2. The molecule has 106 valence electrons. The van der Waals surface area contributed by atoms with Gasteiger partial charge in [0.25, 0.3) is 5.91 Å². The van der Waals surface area contributed by atoms with E-state index in [0.717, 1.165) is 5.69 Å². The molecule has 2 aromatic rings. The molecule has 1 amide bonds. The summed E-state index contributed by atoms with van der Waals surface area (Å²) in [6.07, 6.45) is 3.50. The second-order valence-electron chi connectivity index (χ2n) is 5.11. The zero-order valence-electron chi connectivity index (χ0n) is 12.0. The van der Waals surface area contributed by atoms with Gasteiger partial charge in [-0.25, -0.2) is 0 Å². The fraction of sp³-hybridized carbons (Fsp3) is 0.333. The van der Waals surface area contributed by atoms with Crippen molar-refractivity contribution < 1.29 is 4.79 Å². The van der Waals surface area contributed by atoms with Crippen molar-refractivity contribution in [2.45, 2.75) is 32.9 Å². The Kier molecular flexibility index (Phi) is 4.08. The van der Waals surface area contributed by atoms with Gasteiger partial charge in [0, 0.05) is 18.4 Å². The minimum atomic E-state index is -0.152. The van der Waals surface area contributed by atoms with Gasteiger partial charge in [-0.15, -0.1) is 0 Å². The van der Waals surface area contributed by atoms with Gasteiger partial charge in [0.05, 0.1) is 17.4 Å². The molecule has 2 rings (SSSR count). The molecule has 0 fully saturated rings. The summed E-state index contributed by atoms with van der Waals surface area (Å²) in [5, 5.41) is 2.94. The van der Waals surface area contributed by atoms with E-state index in [2.05, 4.69) is 10.3 Å². The van der Waals surface area contributed by atoms with Gasteiger partial charge in [0.1, 0.15) is 5.69 Å². The molecule has 20 heavy (non-hydrogen) atoms. The zero-order chi connectivity index (χ0) is 14.7. The minimum absolute atomic E-state index is 0.145. The minimum Gasteiger partial charge on any atom is -0.397 e. The molecule has 0 aliphatic carbocycles. The van der Waals surface area contributed by atoms with Crippen LogP contribution in [0.2, 0.25) is 0 Å². The largest absolute Gasteiger partial charge is 0.397 e. The molecule has 2 aromatic heterocycles. The molecular weight excluding hydrogens is 252 g/mol. The summed E-state index contributed by atoms with van der Waals surface area (Å²) in [6.45, 7) is 5.93. The molecule has 0 bridgehead atoms. The monoisotopic (exact) mass is 272 g/mol. The van der Waals surface area contributed by atoms with Gasteiger partial charge in [0.15, 0.2) is 0 Å². The number of nitrogens with one attached hydrogen (secondary N) is 1. The van der Waals surface area contributed by atoms with E-state index in [1.165, 1.54) is 0 Å². The average molecular weight is 272 g/mol. The highest BCUT2D eigenvalue weighted by Crippen LogP contribution is 2.17. The lowest BCUT2D eigenvalue weighted by atomic mass is 10.2. The smallest absolute Gasteiger partial charge is 0.268 e. The van der Waals surface area contributed by atoms with Crippen LogP contribution in [-0.2, 0) is 0 Å². The second kappa shape index (κ2) is 5.77. The van der Waals surface area contributed by atoms with Gasteiger partial charge in [-0.05, 0) is 39.0 Å². The van der Waals surface area contributed by atoms with Crippen LogP contribution < -0.4 is 11.1 Å². The fourth-order valence-electron chi connectivity index (χ4n) is 2.09. The van der Waals surface area contributed by atoms with Crippen LogP contribution in [-0.4, -0.2) is 15.5 Å². The first kappa shape index (κ1) is 14.1. The highest BCUT2D eigenvalue weighted by Gasteiger charge is 2.17. The maximum atomic E-state index is 12.4. The number of rotatable bonds is 4. The lowest BCUT2D eigenvalue weighted by Gasteiger charge is -2.16. The van der Waals surface area contributed by atoms with Crippen LogP contribution in [0.4, 0.5) is 5.69 Å². The van der Waals surface area contributed by atoms with Crippen molar-refractivity contribution in [2.75, 3.05) is 5.73 Å². The first-order valence-corrected chi connectivity index (χ1v) is 6.68. The van der Waals surface area contributed by atoms with E-state index in [-0.39, 0.29) is 18.0 Å². The summed E-state index contributed by atoms with van der Waals surface area (Å²) in [5.74, 6) is -0.145. The van der Waals surface area contributed by atoms with Gasteiger partial charge >= 0.3 is 0 Å². The average Bonchev–Trinajstić information content (AvgIpc) is 2.82. The number of hydrogen-bond acceptors (Lipinski definition) is 3. The number of amides is 1. The molecular formula is C15H20N4O. The first-order valence-electron chi connectivity index (χ1n) is 6.68.